The van der Waals surface area contributed by atoms with Crippen molar-refractivity contribution in [3.05, 3.63) is 59.4 Å². The van der Waals surface area contributed by atoms with Crippen LogP contribution >= 0.6 is 0 Å². The zero-order valence-electron chi connectivity index (χ0n) is 14.4. The van der Waals surface area contributed by atoms with Crippen LogP contribution in [0.5, 0.6) is 0 Å². The Morgan fingerprint density at radius 1 is 1.08 bits per heavy atom. The van der Waals surface area contributed by atoms with E-state index < -0.39 is 21.7 Å². The summed E-state index contributed by atoms with van der Waals surface area (Å²) in [5, 5.41) is 2.65. The number of amides is 1. The van der Waals surface area contributed by atoms with Crippen molar-refractivity contribution in [2.75, 3.05) is 18.4 Å². The lowest BCUT2D eigenvalue weighted by molar-refractivity contribution is 0.102. The second kappa shape index (κ2) is 7.76. The van der Waals surface area contributed by atoms with Crippen LogP contribution in [-0.4, -0.2) is 31.7 Å². The Morgan fingerprint density at radius 2 is 1.68 bits per heavy atom. The lowest BCUT2D eigenvalue weighted by atomic mass is 10.1. The second-order valence-electron chi connectivity index (χ2n) is 5.53. The van der Waals surface area contributed by atoms with Crippen LogP contribution in [0.3, 0.4) is 0 Å². The van der Waals surface area contributed by atoms with E-state index in [4.69, 9.17) is 0 Å². The number of halogens is 1. The Labute approximate surface area is 147 Å². The maximum absolute atomic E-state index is 13.0. The Bertz CT molecular complexity index is 860. The topological polar surface area (TPSA) is 66.5 Å². The first-order chi connectivity index (χ1) is 11.8. The van der Waals surface area contributed by atoms with Crippen LogP contribution in [0.1, 0.15) is 29.8 Å². The maximum Gasteiger partial charge on any atom is 0.255 e. The molecule has 25 heavy (non-hydrogen) atoms. The summed E-state index contributed by atoms with van der Waals surface area (Å²) in [4.78, 5) is 12.6. The van der Waals surface area contributed by atoms with E-state index in [1.807, 2.05) is 0 Å². The Balaban J connectivity index is 2.35. The molecule has 1 N–H and O–H groups in total. The SMILES string of the molecule is CCN(CC)S(=O)(=O)c1ccc(C)c(C(=O)Nc2ccc(F)cc2)c1. The van der Waals surface area contributed by atoms with Crippen LogP contribution < -0.4 is 5.32 Å². The number of benzene rings is 2. The van der Waals surface area contributed by atoms with Crippen molar-refractivity contribution in [3.8, 4) is 0 Å². The van der Waals surface area contributed by atoms with E-state index in [0.29, 0.717) is 24.3 Å². The highest BCUT2D eigenvalue weighted by Crippen LogP contribution is 2.21. The van der Waals surface area contributed by atoms with Gasteiger partial charge in [0.05, 0.1) is 4.90 Å². The van der Waals surface area contributed by atoms with Gasteiger partial charge in [-0.3, -0.25) is 4.79 Å². The van der Waals surface area contributed by atoms with Crippen LogP contribution in [0.15, 0.2) is 47.4 Å². The third-order valence-corrected chi connectivity index (χ3v) is 5.94. The average Bonchev–Trinajstić information content (AvgIpc) is 2.58. The molecule has 0 spiro atoms. The predicted molar refractivity (Wildman–Crippen MR) is 95.6 cm³/mol. The van der Waals surface area contributed by atoms with Gasteiger partial charge in [0.15, 0.2) is 0 Å². The monoisotopic (exact) mass is 364 g/mol. The molecular formula is C18H21FN2O3S. The molecule has 2 rings (SSSR count). The number of nitrogens with zero attached hydrogens (tertiary/aromatic N) is 1. The molecule has 0 heterocycles. The van der Waals surface area contributed by atoms with Gasteiger partial charge in [0.1, 0.15) is 5.82 Å². The van der Waals surface area contributed by atoms with E-state index in [0.717, 1.165) is 0 Å². The van der Waals surface area contributed by atoms with Gasteiger partial charge in [0, 0.05) is 24.3 Å². The molecule has 0 saturated carbocycles. The van der Waals surface area contributed by atoms with Gasteiger partial charge in [0.25, 0.3) is 5.91 Å². The molecule has 0 aromatic heterocycles. The summed E-state index contributed by atoms with van der Waals surface area (Å²) >= 11 is 0. The minimum atomic E-state index is -3.65. The molecule has 0 bridgehead atoms. The number of carbonyl (C=O) groups is 1. The fourth-order valence-electron chi connectivity index (χ4n) is 2.45. The number of nitrogens with one attached hydrogen (secondary N) is 1. The second-order valence-corrected chi connectivity index (χ2v) is 7.47. The fraction of sp³-hybridized carbons (Fsp3) is 0.278. The standard InChI is InChI=1S/C18H21FN2O3S/c1-4-21(5-2)25(23,24)16-11-6-13(3)17(12-16)18(22)20-15-9-7-14(19)8-10-15/h6-12H,4-5H2,1-3H3,(H,20,22). The highest BCUT2D eigenvalue weighted by molar-refractivity contribution is 7.89. The average molecular weight is 364 g/mol. The van der Waals surface area contributed by atoms with Crippen LogP contribution in [0.2, 0.25) is 0 Å². The summed E-state index contributed by atoms with van der Waals surface area (Å²) in [5.74, 6) is -0.845. The Kier molecular flexibility index (Phi) is 5.92. The number of rotatable bonds is 6. The van der Waals surface area contributed by atoms with E-state index in [-0.39, 0.29) is 10.5 Å². The third-order valence-electron chi connectivity index (χ3n) is 3.90. The maximum atomic E-state index is 13.0. The molecule has 0 unspecified atom stereocenters. The molecule has 7 heteroatoms. The van der Waals surface area contributed by atoms with Crippen LogP contribution in [0.4, 0.5) is 10.1 Å². The quantitative estimate of drug-likeness (QED) is 0.854. The third kappa shape index (κ3) is 4.24. The van der Waals surface area contributed by atoms with Gasteiger partial charge in [0.2, 0.25) is 10.0 Å². The van der Waals surface area contributed by atoms with Crippen molar-refractivity contribution in [2.45, 2.75) is 25.7 Å². The molecule has 0 aliphatic carbocycles. The predicted octanol–water partition coefficient (Wildman–Crippen LogP) is 3.42. The summed E-state index contributed by atoms with van der Waals surface area (Å²) in [6.45, 7) is 5.95. The van der Waals surface area contributed by atoms with Crippen molar-refractivity contribution in [1.82, 2.24) is 4.31 Å². The lowest BCUT2D eigenvalue weighted by Crippen LogP contribution is -2.30. The molecule has 5 nitrogen and oxygen atoms in total. The number of aryl methyl sites for hydroxylation is 1. The molecule has 0 atom stereocenters. The molecule has 1 amide bonds. The highest BCUT2D eigenvalue weighted by Gasteiger charge is 2.23. The van der Waals surface area contributed by atoms with E-state index >= 15 is 0 Å². The summed E-state index contributed by atoms with van der Waals surface area (Å²) in [6, 6.07) is 9.85. The van der Waals surface area contributed by atoms with Crippen LogP contribution in [0, 0.1) is 12.7 Å². The van der Waals surface area contributed by atoms with Gasteiger partial charge in [-0.2, -0.15) is 4.31 Å². The van der Waals surface area contributed by atoms with Gasteiger partial charge in [-0.1, -0.05) is 19.9 Å². The van der Waals surface area contributed by atoms with E-state index in [1.165, 1.54) is 40.7 Å². The number of sulfonamides is 1. The van der Waals surface area contributed by atoms with Crippen molar-refractivity contribution in [2.24, 2.45) is 0 Å². The van der Waals surface area contributed by atoms with Crippen LogP contribution in [-0.2, 0) is 10.0 Å². The van der Waals surface area contributed by atoms with Crippen molar-refractivity contribution < 1.29 is 17.6 Å². The fourth-order valence-corrected chi connectivity index (χ4v) is 3.94. The smallest absolute Gasteiger partial charge is 0.255 e. The van der Waals surface area contributed by atoms with E-state index in [1.54, 1.807) is 26.8 Å². The highest BCUT2D eigenvalue weighted by atomic mass is 32.2. The zero-order valence-corrected chi connectivity index (χ0v) is 15.2. The lowest BCUT2D eigenvalue weighted by Gasteiger charge is -2.19. The Morgan fingerprint density at radius 3 is 2.24 bits per heavy atom. The van der Waals surface area contributed by atoms with Gasteiger partial charge in [-0.25, -0.2) is 12.8 Å². The normalized spacial score (nSPS) is 11.6. The van der Waals surface area contributed by atoms with Crippen molar-refractivity contribution in [3.63, 3.8) is 0 Å². The van der Waals surface area contributed by atoms with Crippen molar-refractivity contribution in [1.29, 1.82) is 0 Å². The first-order valence-electron chi connectivity index (χ1n) is 7.97. The molecule has 134 valence electrons. The van der Waals surface area contributed by atoms with E-state index in [9.17, 15) is 17.6 Å². The molecule has 0 aliphatic heterocycles. The summed E-state index contributed by atoms with van der Waals surface area (Å²) in [7, 11) is -3.65. The minimum absolute atomic E-state index is 0.0751. The van der Waals surface area contributed by atoms with Gasteiger partial charge in [-0.15, -0.1) is 0 Å². The number of hydrogen-bond donors (Lipinski definition) is 1. The number of anilines is 1. The molecule has 2 aromatic carbocycles. The molecular weight excluding hydrogens is 343 g/mol. The molecule has 0 radical (unpaired) electrons. The summed E-state index contributed by atoms with van der Waals surface area (Å²) in [5.41, 5.74) is 1.35. The molecule has 2 aromatic rings. The molecule has 0 saturated heterocycles. The van der Waals surface area contributed by atoms with Crippen molar-refractivity contribution >= 4 is 21.6 Å². The van der Waals surface area contributed by atoms with E-state index in [2.05, 4.69) is 5.32 Å². The van der Waals surface area contributed by atoms with Gasteiger partial charge in [-0.05, 0) is 48.9 Å². The van der Waals surface area contributed by atoms with Crippen LogP contribution in [0.25, 0.3) is 0 Å². The van der Waals surface area contributed by atoms with Gasteiger partial charge >= 0.3 is 0 Å². The molecule has 0 fully saturated rings. The first-order valence-corrected chi connectivity index (χ1v) is 9.41. The Hall–Kier alpha value is -2.25. The number of carbonyl (C=O) groups excluding carboxylic acids is 1. The first kappa shape index (κ1) is 19.1. The number of hydrogen-bond acceptors (Lipinski definition) is 3. The summed E-state index contributed by atoms with van der Waals surface area (Å²) in [6.07, 6.45) is 0. The zero-order chi connectivity index (χ0) is 18.6. The largest absolute Gasteiger partial charge is 0.322 e. The molecule has 0 aliphatic rings. The van der Waals surface area contributed by atoms with Gasteiger partial charge < -0.3 is 5.32 Å². The minimum Gasteiger partial charge on any atom is -0.322 e. The summed E-state index contributed by atoms with van der Waals surface area (Å²) < 4.78 is 39.5.